The number of nitrogens with zero attached hydrogens (tertiary/aromatic N) is 3. The van der Waals surface area contributed by atoms with Crippen LogP contribution >= 0.6 is 0 Å². The van der Waals surface area contributed by atoms with E-state index in [0.29, 0.717) is 28.3 Å². The van der Waals surface area contributed by atoms with Crippen LogP contribution in [-0.2, 0) is 11.3 Å². The third-order valence-electron chi connectivity index (χ3n) is 6.46. The van der Waals surface area contributed by atoms with Crippen molar-refractivity contribution in [3.63, 3.8) is 0 Å². The lowest BCUT2D eigenvalue weighted by Crippen LogP contribution is -2.37. The second-order valence-electron chi connectivity index (χ2n) is 9.31. The number of likely N-dealkylation sites (N-methyl/N-ethyl adjacent to an activating group) is 1. The molecule has 4 rings (SSSR count). The second kappa shape index (κ2) is 12.4. The summed E-state index contributed by atoms with van der Waals surface area (Å²) < 4.78 is 14.8. The van der Waals surface area contributed by atoms with Crippen LogP contribution in [0.15, 0.2) is 71.5 Å². The molecule has 0 spiro atoms. The topological polar surface area (TPSA) is 135 Å². The Morgan fingerprint density at radius 2 is 1.68 bits per heavy atom. The van der Waals surface area contributed by atoms with Gasteiger partial charge in [-0.1, -0.05) is 12.1 Å². The van der Waals surface area contributed by atoms with Crippen LogP contribution in [0.25, 0.3) is 11.3 Å². The van der Waals surface area contributed by atoms with Gasteiger partial charge in [0.05, 0.1) is 24.0 Å². The fourth-order valence-electron chi connectivity index (χ4n) is 4.16. The van der Waals surface area contributed by atoms with Gasteiger partial charge in [-0.2, -0.15) is 0 Å². The molecule has 2 heterocycles. The summed E-state index contributed by atoms with van der Waals surface area (Å²) in [6.45, 7) is 3.21. The molecule has 0 fully saturated rings. The molecular weight excluding hydrogens is 527 g/mol. The number of amides is 2. The fourth-order valence-corrected chi connectivity index (χ4v) is 4.16. The first-order valence-corrected chi connectivity index (χ1v) is 12.8. The van der Waals surface area contributed by atoms with Crippen LogP contribution in [-0.4, -0.2) is 52.3 Å². The van der Waals surface area contributed by atoms with Crippen LogP contribution in [0.5, 0.6) is 0 Å². The number of carbonyl (C=O) groups is 3. The highest BCUT2D eigenvalue weighted by Crippen LogP contribution is 2.22. The zero-order valence-corrected chi connectivity index (χ0v) is 23.0. The molecule has 210 valence electrons. The zero-order chi connectivity index (χ0) is 29.7. The third-order valence-corrected chi connectivity index (χ3v) is 6.46. The molecule has 2 amide bonds. The van der Waals surface area contributed by atoms with Gasteiger partial charge in [0.25, 0.3) is 11.5 Å². The summed E-state index contributed by atoms with van der Waals surface area (Å²) in [7, 11) is 3.16. The smallest absolute Gasteiger partial charge is 0.275 e. The summed E-state index contributed by atoms with van der Waals surface area (Å²) in [5, 5.41) is 8.07. The van der Waals surface area contributed by atoms with E-state index in [0.717, 1.165) is 0 Å². The van der Waals surface area contributed by atoms with Crippen LogP contribution < -0.4 is 21.5 Å². The van der Waals surface area contributed by atoms with Gasteiger partial charge in [-0.15, -0.1) is 0 Å². The first kappa shape index (κ1) is 29.0. The zero-order valence-electron chi connectivity index (χ0n) is 23.0. The van der Waals surface area contributed by atoms with Crippen molar-refractivity contribution in [1.82, 2.24) is 25.2 Å². The molecule has 0 radical (unpaired) electrons. The number of rotatable bonds is 9. The standard InChI is InChI=1S/C30H29FN6O4/c1-17(32-3)28(39)36-24-12-13-26(20-6-5-7-21(14-20)29(40)33-4)37(30(24)41)16-23-15-25(35-18(2)34-23)27(38)19-8-10-22(31)11-9-19/h5-15,17,32H,16H2,1-4H3,(H,33,40)(H,36,39)/t17-/m0/s1. The van der Waals surface area contributed by atoms with Gasteiger partial charge in [0.2, 0.25) is 11.7 Å². The summed E-state index contributed by atoms with van der Waals surface area (Å²) in [6.07, 6.45) is 0. The number of hydrogen-bond acceptors (Lipinski definition) is 7. The molecule has 2 aromatic carbocycles. The highest BCUT2D eigenvalue weighted by molar-refractivity contribution is 6.07. The molecule has 11 heteroatoms. The number of ketones is 1. The van der Waals surface area contributed by atoms with Gasteiger partial charge in [-0.25, -0.2) is 14.4 Å². The molecule has 1 atom stereocenters. The normalized spacial score (nSPS) is 11.5. The van der Waals surface area contributed by atoms with E-state index in [1.807, 2.05) is 0 Å². The maximum absolute atomic E-state index is 13.7. The highest BCUT2D eigenvalue weighted by atomic mass is 19.1. The predicted octanol–water partition coefficient (Wildman–Crippen LogP) is 2.94. The first-order valence-electron chi connectivity index (χ1n) is 12.8. The number of halogens is 1. The molecule has 2 aromatic heterocycles. The minimum absolute atomic E-state index is 0.0525. The lowest BCUT2D eigenvalue weighted by molar-refractivity contribution is -0.117. The number of nitrogens with one attached hydrogen (secondary N) is 3. The van der Waals surface area contributed by atoms with Gasteiger partial charge in [0, 0.05) is 18.2 Å². The molecule has 41 heavy (non-hydrogen) atoms. The van der Waals surface area contributed by atoms with Gasteiger partial charge in [-0.3, -0.25) is 19.2 Å². The summed E-state index contributed by atoms with van der Waals surface area (Å²) in [5.74, 6) is -1.28. The van der Waals surface area contributed by atoms with Gasteiger partial charge in [0.1, 0.15) is 23.0 Å². The number of carbonyl (C=O) groups excluding carboxylic acids is 3. The Morgan fingerprint density at radius 1 is 0.951 bits per heavy atom. The number of hydrogen-bond donors (Lipinski definition) is 3. The van der Waals surface area contributed by atoms with E-state index in [1.54, 1.807) is 51.2 Å². The first-order chi connectivity index (χ1) is 19.6. The average Bonchev–Trinajstić information content (AvgIpc) is 2.98. The van der Waals surface area contributed by atoms with E-state index in [2.05, 4.69) is 25.9 Å². The van der Waals surface area contributed by atoms with Crippen molar-refractivity contribution in [2.45, 2.75) is 26.4 Å². The number of anilines is 1. The molecule has 0 aliphatic rings. The number of benzene rings is 2. The molecule has 3 N–H and O–H groups in total. The highest BCUT2D eigenvalue weighted by Gasteiger charge is 2.19. The predicted molar refractivity (Wildman–Crippen MR) is 152 cm³/mol. The van der Waals surface area contributed by atoms with Crippen molar-refractivity contribution in [3.8, 4) is 11.3 Å². The van der Waals surface area contributed by atoms with E-state index in [1.165, 1.54) is 48.0 Å². The van der Waals surface area contributed by atoms with Crippen LogP contribution in [0, 0.1) is 12.7 Å². The third kappa shape index (κ3) is 6.59. The Kier molecular flexibility index (Phi) is 8.78. The molecule has 0 aliphatic carbocycles. The van der Waals surface area contributed by atoms with E-state index in [9.17, 15) is 23.6 Å². The Morgan fingerprint density at radius 3 is 2.37 bits per heavy atom. The van der Waals surface area contributed by atoms with Crippen molar-refractivity contribution in [1.29, 1.82) is 0 Å². The number of aromatic nitrogens is 3. The molecule has 0 saturated heterocycles. The van der Waals surface area contributed by atoms with Crippen LogP contribution in [0.1, 0.15) is 44.9 Å². The molecular formula is C30H29FN6O4. The molecule has 0 bridgehead atoms. The summed E-state index contributed by atoms with van der Waals surface area (Å²) >= 11 is 0. The fraction of sp³-hybridized carbons (Fsp3) is 0.200. The molecule has 4 aromatic rings. The summed E-state index contributed by atoms with van der Waals surface area (Å²) in [5.41, 5.74) is 1.69. The van der Waals surface area contributed by atoms with Gasteiger partial charge in [-0.05, 0) is 81.1 Å². The maximum Gasteiger partial charge on any atom is 0.275 e. The summed E-state index contributed by atoms with van der Waals surface area (Å²) in [6, 6.07) is 16.0. The Labute approximate surface area is 235 Å². The van der Waals surface area contributed by atoms with Crippen molar-refractivity contribution >= 4 is 23.3 Å². The number of pyridine rings is 1. The minimum Gasteiger partial charge on any atom is -0.355 e. The van der Waals surface area contributed by atoms with E-state index in [-0.39, 0.29) is 29.4 Å². The summed E-state index contributed by atoms with van der Waals surface area (Å²) in [4.78, 5) is 60.4. The van der Waals surface area contributed by atoms with Gasteiger partial charge in [0.15, 0.2) is 0 Å². The van der Waals surface area contributed by atoms with Crippen LogP contribution in [0.3, 0.4) is 0 Å². The number of aryl methyl sites for hydroxylation is 1. The van der Waals surface area contributed by atoms with E-state index in [4.69, 9.17) is 0 Å². The molecule has 0 aliphatic heterocycles. The van der Waals surface area contributed by atoms with Crippen molar-refractivity contribution < 1.29 is 18.8 Å². The Bertz CT molecular complexity index is 1680. The second-order valence-corrected chi connectivity index (χ2v) is 9.31. The largest absolute Gasteiger partial charge is 0.355 e. The van der Waals surface area contributed by atoms with Gasteiger partial charge < -0.3 is 20.5 Å². The van der Waals surface area contributed by atoms with Crippen LogP contribution in [0.2, 0.25) is 0 Å². The van der Waals surface area contributed by atoms with Crippen molar-refractivity contribution in [3.05, 3.63) is 111 Å². The molecule has 10 nitrogen and oxygen atoms in total. The molecule has 0 unspecified atom stereocenters. The lowest BCUT2D eigenvalue weighted by Gasteiger charge is -2.17. The Balaban J connectivity index is 1.81. The van der Waals surface area contributed by atoms with E-state index < -0.39 is 29.1 Å². The lowest BCUT2D eigenvalue weighted by atomic mass is 10.1. The SMILES string of the molecule is CNC(=O)c1cccc(-c2ccc(NC(=O)[C@H](C)NC)c(=O)n2Cc2cc(C(=O)c3ccc(F)cc3)nc(C)n2)c1. The Hall–Kier alpha value is -5.03. The van der Waals surface area contributed by atoms with E-state index >= 15 is 0 Å². The quantitative estimate of drug-likeness (QED) is 0.270. The maximum atomic E-state index is 13.7. The monoisotopic (exact) mass is 556 g/mol. The van der Waals surface area contributed by atoms with Gasteiger partial charge >= 0.3 is 0 Å². The van der Waals surface area contributed by atoms with Crippen molar-refractivity contribution in [2.24, 2.45) is 0 Å². The average molecular weight is 557 g/mol. The van der Waals surface area contributed by atoms with Crippen LogP contribution in [0.4, 0.5) is 10.1 Å². The minimum atomic E-state index is -0.545. The molecule has 0 saturated carbocycles. The van der Waals surface area contributed by atoms with Crippen molar-refractivity contribution in [2.75, 3.05) is 19.4 Å².